The molecular weight excluding hydrogens is 197 g/mol. The lowest BCUT2D eigenvalue weighted by Gasteiger charge is -2.19. The molecule has 3 nitrogen and oxygen atoms in total. The summed E-state index contributed by atoms with van der Waals surface area (Å²) in [4.78, 5) is 11.9. The third-order valence-electron chi connectivity index (χ3n) is 2.59. The van der Waals surface area contributed by atoms with Gasteiger partial charge in [-0.1, -0.05) is 12.1 Å². The summed E-state index contributed by atoms with van der Waals surface area (Å²) in [6, 6.07) is 5.57. The molecule has 1 aliphatic heterocycles. The Morgan fingerprint density at radius 1 is 1.53 bits per heavy atom. The number of hydrogen-bond donors (Lipinski definition) is 1. The molecule has 0 aliphatic carbocycles. The maximum absolute atomic E-state index is 12.9. The first kappa shape index (κ1) is 10.3. The lowest BCUT2D eigenvalue weighted by atomic mass is 9.90. The van der Waals surface area contributed by atoms with Crippen molar-refractivity contribution in [2.75, 3.05) is 13.2 Å². The van der Waals surface area contributed by atoms with Gasteiger partial charge >= 0.3 is 0 Å². The number of carbonyl (C=O) groups excluding carboxylic acids is 1. The van der Waals surface area contributed by atoms with Crippen LogP contribution in [0.15, 0.2) is 24.3 Å². The second-order valence-electron chi connectivity index (χ2n) is 3.80. The van der Waals surface area contributed by atoms with Crippen molar-refractivity contribution in [3.63, 3.8) is 0 Å². The Labute approximate surface area is 87.0 Å². The smallest absolute Gasteiger partial charge is 0.185 e. The minimum atomic E-state index is -0.978. The van der Waals surface area contributed by atoms with Gasteiger partial charge in [0.15, 0.2) is 5.78 Å². The normalized spacial score (nSPS) is 25.5. The van der Waals surface area contributed by atoms with Crippen molar-refractivity contribution in [1.29, 1.82) is 0 Å². The van der Waals surface area contributed by atoms with E-state index in [4.69, 9.17) is 10.5 Å². The number of ketones is 1. The van der Waals surface area contributed by atoms with Gasteiger partial charge in [0.1, 0.15) is 11.4 Å². The maximum Gasteiger partial charge on any atom is 0.185 e. The lowest BCUT2D eigenvalue weighted by molar-refractivity contribution is 0.0862. The van der Waals surface area contributed by atoms with Crippen molar-refractivity contribution in [3.05, 3.63) is 35.6 Å². The number of nitrogens with two attached hydrogens (primary N) is 1. The van der Waals surface area contributed by atoms with Crippen molar-refractivity contribution in [1.82, 2.24) is 0 Å². The van der Waals surface area contributed by atoms with Gasteiger partial charge in [0.2, 0.25) is 0 Å². The zero-order valence-corrected chi connectivity index (χ0v) is 8.20. The molecule has 2 rings (SSSR count). The predicted molar refractivity (Wildman–Crippen MR) is 53.1 cm³/mol. The average molecular weight is 209 g/mol. The van der Waals surface area contributed by atoms with Crippen LogP contribution in [0.2, 0.25) is 0 Å². The molecule has 15 heavy (non-hydrogen) atoms. The van der Waals surface area contributed by atoms with E-state index in [1.165, 1.54) is 18.2 Å². The minimum Gasteiger partial charge on any atom is -0.379 e. The standard InChI is InChI=1S/C11H12FNO2/c12-9-3-1-2-8(6-9)10(14)11(13)4-5-15-7-11/h1-3,6H,4-5,7,13H2. The largest absolute Gasteiger partial charge is 0.379 e. The molecule has 0 aromatic heterocycles. The Bertz CT molecular complexity index is 386. The second kappa shape index (κ2) is 3.72. The average Bonchev–Trinajstić information content (AvgIpc) is 2.65. The zero-order valence-electron chi connectivity index (χ0n) is 8.20. The molecule has 1 fully saturated rings. The van der Waals surface area contributed by atoms with E-state index in [2.05, 4.69) is 0 Å². The highest BCUT2D eigenvalue weighted by Gasteiger charge is 2.38. The highest BCUT2D eigenvalue weighted by molar-refractivity contribution is 6.03. The van der Waals surface area contributed by atoms with Crippen molar-refractivity contribution < 1.29 is 13.9 Å². The van der Waals surface area contributed by atoms with Crippen molar-refractivity contribution >= 4 is 5.78 Å². The number of rotatable bonds is 2. The van der Waals surface area contributed by atoms with E-state index in [1.807, 2.05) is 0 Å². The van der Waals surface area contributed by atoms with E-state index in [9.17, 15) is 9.18 Å². The van der Waals surface area contributed by atoms with E-state index in [0.717, 1.165) is 0 Å². The lowest BCUT2D eigenvalue weighted by Crippen LogP contribution is -2.48. The molecule has 1 aliphatic rings. The molecule has 1 heterocycles. The summed E-state index contributed by atoms with van der Waals surface area (Å²) in [5.41, 5.74) is 5.22. The molecule has 1 saturated heterocycles. The van der Waals surface area contributed by atoms with Gasteiger partial charge < -0.3 is 10.5 Å². The molecule has 0 spiro atoms. The number of benzene rings is 1. The Kier molecular flexibility index (Phi) is 2.54. The zero-order chi connectivity index (χ0) is 10.9. The summed E-state index contributed by atoms with van der Waals surface area (Å²) in [7, 11) is 0. The molecule has 4 heteroatoms. The summed E-state index contributed by atoms with van der Waals surface area (Å²) in [5, 5.41) is 0. The van der Waals surface area contributed by atoms with Crippen LogP contribution in [0.3, 0.4) is 0 Å². The molecular formula is C11H12FNO2. The van der Waals surface area contributed by atoms with Gasteiger partial charge in [0.05, 0.1) is 6.61 Å². The van der Waals surface area contributed by atoms with Crippen LogP contribution in [-0.2, 0) is 4.74 Å². The van der Waals surface area contributed by atoms with Crippen molar-refractivity contribution in [2.45, 2.75) is 12.0 Å². The maximum atomic E-state index is 12.9. The van der Waals surface area contributed by atoms with Crippen LogP contribution < -0.4 is 5.73 Å². The van der Waals surface area contributed by atoms with E-state index in [1.54, 1.807) is 6.07 Å². The van der Waals surface area contributed by atoms with Gasteiger partial charge in [-0.05, 0) is 18.6 Å². The van der Waals surface area contributed by atoms with Gasteiger partial charge in [-0.2, -0.15) is 0 Å². The Hall–Kier alpha value is -1.26. The van der Waals surface area contributed by atoms with Crippen LogP contribution in [0.25, 0.3) is 0 Å². The summed E-state index contributed by atoms with van der Waals surface area (Å²) < 4.78 is 18.0. The van der Waals surface area contributed by atoms with Gasteiger partial charge in [0.25, 0.3) is 0 Å². The van der Waals surface area contributed by atoms with Gasteiger partial charge in [-0.3, -0.25) is 4.79 Å². The monoisotopic (exact) mass is 209 g/mol. The predicted octanol–water partition coefficient (Wildman–Crippen LogP) is 1.13. The number of hydrogen-bond acceptors (Lipinski definition) is 3. The quantitative estimate of drug-likeness (QED) is 0.743. The van der Waals surface area contributed by atoms with Crippen LogP contribution in [0.5, 0.6) is 0 Å². The van der Waals surface area contributed by atoms with Crippen LogP contribution in [0.4, 0.5) is 4.39 Å². The van der Waals surface area contributed by atoms with Gasteiger partial charge in [-0.15, -0.1) is 0 Å². The minimum absolute atomic E-state index is 0.211. The summed E-state index contributed by atoms with van der Waals surface area (Å²) in [6.45, 7) is 0.694. The first-order valence-corrected chi connectivity index (χ1v) is 4.79. The highest BCUT2D eigenvalue weighted by Crippen LogP contribution is 2.21. The molecule has 1 unspecified atom stereocenters. The van der Waals surface area contributed by atoms with Gasteiger partial charge in [0, 0.05) is 12.2 Å². The first-order chi connectivity index (χ1) is 7.12. The third-order valence-corrected chi connectivity index (χ3v) is 2.59. The molecule has 1 aromatic carbocycles. The Morgan fingerprint density at radius 2 is 2.33 bits per heavy atom. The molecule has 2 N–H and O–H groups in total. The molecule has 1 atom stereocenters. The van der Waals surface area contributed by atoms with E-state index >= 15 is 0 Å². The fourth-order valence-electron chi connectivity index (χ4n) is 1.68. The summed E-state index contributed by atoms with van der Waals surface area (Å²) >= 11 is 0. The van der Waals surface area contributed by atoms with Crippen LogP contribution in [0.1, 0.15) is 16.8 Å². The Balaban J connectivity index is 2.27. The molecule has 0 bridgehead atoms. The topological polar surface area (TPSA) is 52.3 Å². The van der Waals surface area contributed by atoms with Crippen LogP contribution >= 0.6 is 0 Å². The Morgan fingerprint density at radius 3 is 2.93 bits per heavy atom. The fraction of sp³-hybridized carbons (Fsp3) is 0.364. The third kappa shape index (κ3) is 1.91. The van der Waals surface area contributed by atoms with E-state index in [-0.39, 0.29) is 12.4 Å². The SMILES string of the molecule is NC1(C(=O)c2cccc(F)c2)CCOC1. The summed E-state index contributed by atoms with van der Waals surface area (Å²) in [6.07, 6.45) is 0.488. The number of carbonyl (C=O) groups is 1. The molecule has 0 saturated carbocycles. The van der Waals surface area contributed by atoms with Crippen molar-refractivity contribution in [2.24, 2.45) is 5.73 Å². The molecule has 80 valence electrons. The fourth-order valence-corrected chi connectivity index (χ4v) is 1.68. The second-order valence-corrected chi connectivity index (χ2v) is 3.80. The summed E-state index contributed by atoms with van der Waals surface area (Å²) in [5.74, 6) is -0.678. The molecule has 1 aromatic rings. The number of halogens is 1. The van der Waals surface area contributed by atoms with Crippen LogP contribution in [0, 0.1) is 5.82 Å². The number of ether oxygens (including phenoxy) is 1. The van der Waals surface area contributed by atoms with Crippen molar-refractivity contribution in [3.8, 4) is 0 Å². The van der Waals surface area contributed by atoms with E-state index in [0.29, 0.717) is 18.6 Å². The van der Waals surface area contributed by atoms with E-state index < -0.39 is 11.4 Å². The highest BCUT2D eigenvalue weighted by atomic mass is 19.1. The van der Waals surface area contributed by atoms with Gasteiger partial charge in [-0.25, -0.2) is 4.39 Å². The number of Topliss-reactive ketones (excluding diaryl/α,β-unsaturated/α-hetero) is 1. The molecule has 0 amide bonds. The van der Waals surface area contributed by atoms with Crippen LogP contribution in [-0.4, -0.2) is 24.5 Å². The first-order valence-electron chi connectivity index (χ1n) is 4.79. The molecule has 0 radical (unpaired) electrons.